The largest absolute Gasteiger partial charge is 0.347 e. The van der Waals surface area contributed by atoms with Crippen molar-refractivity contribution in [2.75, 3.05) is 6.61 Å². The van der Waals surface area contributed by atoms with Crippen LogP contribution in [0.5, 0.6) is 0 Å². The lowest BCUT2D eigenvalue weighted by atomic mass is 10.2. The van der Waals surface area contributed by atoms with Gasteiger partial charge in [0.2, 0.25) is 6.36 Å². The molecule has 0 spiro atoms. The van der Waals surface area contributed by atoms with Crippen molar-refractivity contribution in [2.24, 2.45) is 0 Å². The molecule has 0 aliphatic carbocycles. The zero-order chi connectivity index (χ0) is 5.98. The summed E-state index contributed by atoms with van der Waals surface area (Å²) in [6, 6.07) is 0. The van der Waals surface area contributed by atoms with E-state index >= 15 is 0 Å². The summed E-state index contributed by atoms with van der Waals surface area (Å²) in [6.45, 7) is 0.598. The van der Waals surface area contributed by atoms with Crippen molar-refractivity contribution >= 4 is 22.6 Å². The lowest BCUT2D eigenvalue weighted by Gasteiger charge is -2.20. The molecule has 0 N–H and O–H groups in total. The van der Waals surface area contributed by atoms with Crippen LogP contribution >= 0.6 is 22.6 Å². The molecule has 1 rings (SSSR count). The summed E-state index contributed by atoms with van der Waals surface area (Å²) in [4.78, 5) is 0. The maximum Gasteiger partial charge on any atom is 0.210 e. The molecular formula is C5H8FIO. The molecule has 2 atom stereocenters. The van der Waals surface area contributed by atoms with Crippen molar-refractivity contribution in [3.8, 4) is 0 Å². The molecule has 0 radical (unpaired) electrons. The first-order valence-electron chi connectivity index (χ1n) is 2.70. The van der Waals surface area contributed by atoms with Gasteiger partial charge >= 0.3 is 0 Å². The average Bonchev–Trinajstić information content (AvgIpc) is 1.77. The van der Waals surface area contributed by atoms with Crippen molar-refractivity contribution in [2.45, 2.75) is 23.1 Å². The Morgan fingerprint density at radius 3 is 2.75 bits per heavy atom. The summed E-state index contributed by atoms with van der Waals surface area (Å²) >= 11 is 2.08. The van der Waals surface area contributed by atoms with Gasteiger partial charge in [0, 0.05) is 0 Å². The normalized spacial score (nSPS) is 39.8. The second kappa shape index (κ2) is 2.96. The highest BCUT2D eigenvalue weighted by Crippen LogP contribution is 2.21. The van der Waals surface area contributed by atoms with Crippen LogP contribution in [0.25, 0.3) is 0 Å². The van der Waals surface area contributed by atoms with E-state index in [1.165, 1.54) is 0 Å². The molecule has 0 aromatic carbocycles. The monoisotopic (exact) mass is 230 g/mol. The Morgan fingerprint density at radius 2 is 2.38 bits per heavy atom. The Kier molecular flexibility index (Phi) is 2.49. The van der Waals surface area contributed by atoms with Crippen LogP contribution in [0.15, 0.2) is 0 Å². The molecule has 0 amide bonds. The van der Waals surface area contributed by atoms with Crippen LogP contribution in [0.2, 0.25) is 0 Å². The molecular weight excluding hydrogens is 222 g/mol. The topological polar surface area (TPSA) is 9.23 Å². The molecule has 3 heteroatoms. The Bertz CT molecular complexity index is 68.8. The Morgan fingerprint density at radius 1 is 1.62 bits per heavy atom. The minimum atomic E-state index is -1.01. The number of ether oxygens (including phenoxy) is 1. The fraction of sp³-hybridized carbons (Fsp3) is 1.00. The Labute approximate surface area is 61.7 Å². The van der Waals surface area contributed by atoms with E-state index in [-0.39, 0.29) is 3.92 Å². The van der Waals surface area contributed by atoms with Crippen molar-refractivity contribution < 1.29 is 9.13 Å². The van der Waals surface area contributed by atoms with Crippen molar-refractivity contribution in [3.63, 3.8) is 0 Å². The zero-order valence-electron chi connectivity index (χ0n) is 4.44. The molecule has 0 aromatic rings. The summed E-state index contributed by atoms with van der Waals surface area (Å²) in [7, 11) is 0. The molecule has 8 heavy (non-hydrogen) atoms. The SMILES string of the molecule is F[C@@H]1OCCC[C@H]1I. The number of hydrogen-bond donors (Lipinski definition) is 0. The van der Waals surface area contributed by atoms with Gasteiger partial charge in [-0.1, -0.05) is 22.6 Å². The van der Waals surface area contributed by atoms with Crippen LogP contribution in [-0.2, 0) is 4.74 Å². The van der Waals surface area contributed by atoms with Crippen LogP contribution in [-0.4, -0.2) is 16.9 Å². The highest BCUT2D eigenvalue weighted by Gasteiger charge is 2.21. The summed E-state index contributed by atoms with van der Waals surface area (Å²) in [6.07, 6.45) is 0.958. The van der Waals surface area contributed by atoms with E-state index in [1.807, 2.05) is 0 Å². The summed E-state index contributed by atoms with van der Waals surface area (Å²) in [5.74, 6) is 0. The van der Waals surface area contributed by atoms with E-state index in [1.54, 1.807) is 0 Å². The number of halogens is 2. The molecule has 0 saturated carbocycles. The van der Waals surface area contributed by atoms with E-state index in [4.69, 9.17) is 4.74 Å². The fourth-order valence-corrected chi connectivity index (χ4v) is 1.36. The molecule has 1 saturated heterocycles. The van der Waals surface area contributed by atoms with Crippen LogP contribution in [0.4, 0.5) is 4.39 Å². The highest BCUT2D eigenvalue weighted by atomic mass is 127. The molecule has 1 aliphatic heterocycles. The first-order valence-corrected chi connectivity index (χ1v) is 3.95. The molecule has 48 valence electrons. The van der Waals surface area contributed by atoms with Gasteiger partial charge in [-0.2, -0.15) is 0 Å². The van der Waals surface area contributed by atoms with Gasteiger partial charge in [0.1, 0.15) is 0 Å². The molecule has 1 nitrogen and oxygen atoms in total. The Hall–Kier alpha value is 0.620. The van der Waals surface area contributed by atoms with E-state index < -0.39 is 6.36 Å². The Balaban J connectivity index is 2.28. The molecule has 1 fully saturated rings. The second-order valence-electron chi connectivity index (χ2n) is 1.88. The van der Waals surface area contributed by atoms with Crippen molar-refractivity contribution in [3.05, 3.63) is 0 Å². The van der Waals surface area contributed by atoms with Gasteiger partial charge < -0.3 is 4.74 Å². The third-order valence-corrected chi connectivity index (χ3v) is 2.37. The van der Waals surface area contributed by atoms with E-state index in [0.717, 1.165) is 12.8 Å². The van der Waals surface area contributed by atoms with E-state index in [0.29, 0.717) is 6.61 Å². The predicted molar refractivity (Wildman–Crippen MR) is 37.9 cm³/mol. The first-order chi connectivity index (χ1) is 3.80. The molecule has 0 bridgehead atoms. The van der Waals surface area contributed by atoms with Crippen molar-refractivity contribution in [1.82, 2.24) is 0 Å². The van der Waals surface area contributed by atoms with Gasteiger partial charge in [-0.25, -0.2) is 4.39 Å². The number of hydrogen-bond acceptors (Lipinski definition) is 1. The molecule has 0 unspecified atom stereocenters. The van der Waals surface area contributed by atoms with Gasteiger partial charge in [-0.05, 0) is 12.8 Å². The van der Waals surface area contributed by atoms with Gasteiger partial charge in [0.15, 0.2) is 0 Å². The smallest absolute Gasteiger partial charge is 0.210 e. The van der Waals surface area contributed by atoms with Crippen LogP contribution in [0, 0.1) is 0 Å². The van der Waals surface area contributed by atoms with Crippen molar-refractivity contribution in [1.29, 1.82) is 0 Å². The maximum atomic E-state index is 12.3. The third kappa shape index (κ3) is 1.55. The highest BCUT2D eigenvalue weighted by molar-refractivity contribution is 14.1. The van der Waals surface area contributed by atoms with Crippen LogP contribution in [0.1, 0.15) is 12.8 Å². The van der Waals surface area contributed by atoms with Gasteiger partial charge in [0.05, 0.1) is 10.5 Å². The second-order valence-corrected chi connectivity index (χ2v) is 3.48. The van der Waals surface area contributed by atoms with Gasteiger partial charge in [0.25, 0.3) is 0 Å². The molecule has 0 aromatic heterocycles. The molecule has 1 aliphatic rings. The van der Waals surface area contributed by atoms with E-state index in [2.05, 4.69) is 22.6 Å². The minimum absolute atomic E-state index is 0.0846. The number of alkyl halides is 2. The number of rotatable bonds is 0. The first kappa shape index (κ1) is 6.74. The maximum absolute atomic E-state index is 12.3. The lowest BCUT2D eigenvalue weighted by molar-refractivity contribution is -0.0591. The summed E-state index contributed by atoms with van der Waals surface area (Å²) in [5.41, 5.74) is 0. The molecule has 1 heterocycles. The zero-order valence-corrected chi connectivity index (χ0v) is 6.60. The summed E-state index contributed by atoms with van der Waals surface area (Å²) in [5, 5.41) is 0. The van der Waals surface area contributed by atoms with Crippen LogP contribution in [0.3, 0.4) is 0 Å². The van der Waals surface area contributed by atoms with Gasteiger partial charge in [-0.3, -0.25) is 0 Å². The third-order valence-electron chi connectivity index (χ3n) is 1.19. The quantitative estimate of drug-likeness (QED) is 0.456. The summed E-state index contributed by atoms with van der Waals surface area (Å²) < 4.78 is 17.1. The standard InChI is InChI=1S/C5H8FIO/c6-5-4(7)2-1-3-8-5/h4-5H,1-3H2/t4-,5-/m1/s1. The predicted octanol–water partition coefficient (Wildman–Crippen LogP) is 1.90. The van der Waals surface area contributed by atoms with E-state index in [9.17, 15) is 4.39 Å². The van der Waals surface area contributed by atoms with Gasteiger partial charge in [-0.15, -0.1) is 0 Å². The average molecular weight is 230 g/mol. The lowest BCUT2D eigenvalue weighted by Crippen LogP contribution is -2.25. The van der Waals surface area contributed by atoms with Crippen LogP contribution < -0.4 is 0 Å². The fourth-order valence-electron chi connectivity index (χ4n) is 0.710. The minimum Gasteiger partial charge on any atom is -0.347 e.